The summed E-state index contributed by atoms with van der Waals surface area (Å²) in [6.07, 6.45) is 4.43. The lowest BCUT2D eigenvalue weighted by Gasteiger charge is -1.96. The monoisotopic (exact) mass is 199 g/mol. The molecule has 0 unspecified atom stereocenters. The predicted octanol–water partition coefficient (Wildman–Crippen LogP) is 1.13. The number of aryl methyl sites for hydroxylation is 1. The van der Waals surface area contributed by atoms with Crippen molar-refractivity contribution in [3.05, 3.63) is 10.5 Å². The third kappa shape index (κ3) is 4.57. The van der Waals surface area contributed by atoms with Crippen molar-refractivity contribution in [2.75, 3.05) is 0 Å². The average molecular weight is 199 g/mol. The quantitative estimate of drug-likeness (QED) is 0.698. The summed E-state index contributed by atoms with van der Waals surface area (Å²) >= 11 is 1.57. The molecular formula is C8H13N3OS. The van der Waals surface area contributed by atoms with Crippen LogP contribution in [0, 0.1) is 0 Å². The van der Waals surface area contributed by atoms with Gasteiger partial charge in [0.05, 0.1) is 0 Å². The van der Waals surface area contributed by atoms with Gasteiger partial charge in [-0.1, -0.05) is 6.42 Å². The highest BCUT2D eigenvalue weighted by molar-refractivity contribution is 7.09. The van der Waals surface area contributed by atoms with Crippen LogP contribution in [0.15, 0.2) is 5.51 Å². The summed E-state index contributed by atoms with van der Waals surface area (Å²) in [7, 11) is 0. The zero-order valence-electron chi connectivity index (χ0n) is 7.40. The Morgan fingerprint density at radius 1 is 1.46 bits per heavy atom. The molecule has 0 saturated heterocycles. The molecule has 1 aromatic heterocycles. The number of carbonyl (C=O) groups is 1. The number of aromatic nitrogens is 2. The minimum Gasteiger partial charge on any atom is -0.370 e. The Bertz CT molecular complexity index is 248. The fraction of sp³-hybridized carbons (Fsp3) is 0.625. The van der Waals surface area contributed by atoms with Crippen LogP contribution < -0.4 is 5.73 Å². The summed E-state index contributed by atoms with van der Waals surface area (Å²) < 4.78 is 0. The SMILES string of the molecule is NC(=O)CCCCCc1nncs1. The molecular weight excluding hydrogens is 186 g/mol. The van der Waals surface area contributed by atoms with Gasteiger partial charge in [0.15, 0.2) is 0 Å². The predicted molar refractivity (Wildman–Crippen MR) is 51.3 cm³/mol. The van der Waals surface area contributed by atoms with Crippen LogP contribution >= 0.6 is 11.3 Å². The number of hydrogen-bond donors (Lipinski definition) is 1. The molecule has 0 saturated carbocycles. The molecule has 2 N–H and O–H groups in total. The van der Waals surface area contributed by atoms with Crippen LogP contribution in [0.3, 0.4) is 0 Å². The molecule has 5 heteroatoms. The van der Waals surface area contributed by atoms with Gasteiger partial charge < -0.3 is 5.73 Å². The lowest BCUT2D eigenvalue weighted by molar-refractivity contribution is -0.118. The summed E-state index contributed by atoms with van der Waals surface area (Å²) in [6, 6.07) is 0. The second-order valence-electron chi connectivity index (χ2n) is 2.86. The molecule has 1 amide bonds. The zero-order valence-corrected chi connectivity index (χ0v) is 8.22. The molecule has 0 aliphatic rings. The first kappa shape index (κ1) is 10.1. The van der Waals surface area contributed by atoms with Gasteiger partial charge in [-0.3, -0.25) is 4.79 Å². The summed E-state index contributed by atoms with van der Waals surface area (Å²) in [5.74, 6) is -0.212. The Morgan fingerprint density at radius 2 is 2.31 bits per heavy atom. The lowest BCUT2D eigenvalue weighted by atomic mass is 10.1. The van der Waals surface area contributed by atoms with Crippen molar-refractivity contribution in [1.29, 1.82) is 0 Å². The number of nitrogens with two attached hydrogens (primary N) is 1. The van der Waals surface area contributed by atoms with Crippen molar-refractivity contribution in [3.8, 4) is 0 Å². The van der Waals surface area contributed by atoms with Crippen LogP contribution in [0.25, 0.3) is 0 Å². The Balaban J connectivity index is 1.99. The van der Waals surface area contributed by atoms with Crippen LogP contribution in [0.2, 0.25) is 0 Å². The largest absolute Gasteiger partial charge is 0.370 e. The molecule has 0 fully saturated rings. The fourth-order valence-corrected chi connectivity index (χ4v) is 1.63. The first-order chi connectivity index (χ1) is 6.29. The first-order valence-electron chi connectivity index (χ1n) is 4.32. The Morgan fingerprint density at radius 3 is 2.92 bits per heavy atom. The third-order valence-corrected chi connectivity index (χ3v) is 2.48. The Labute approximate surface area is 81.2 Å². The van der Waals surface area contributed by atoms with Gasteiger partial charge in [-0.2, -0.15) is 0 Å². The molecule has 0 aliphatic heterocycles. The summed E-state index contributed by atoms with van der Waals surface area (Å²) in [5, 5.41) is 8.74. The van der Waals surface area contributed by atoms with E-state index in [0.717, 1.165) is 30.7 Å². The molecule has 72 valence electrons. The van der Waals surface area contributed by atoms with E-state index in [0.29, 0.717) is 6.42 Å². The van der Waals surface area contributed by atoms with E-state index in [-0.39, 0.29) is 5.91 Å². The van der Waals surface area contributed by atoms with Gasteiger partial charge in [-0.05, 0) is 12.8 Å². The van der Waals surface area contributed by atoms with Crippen molar-refractivity contribution >= 4 is 17.2 Å². The summed E-state index contributed by atoms with van der Waals surface area (Å²) in [5.41, 5.74) is 6.74. The van der Waals surface area contributed by atoms with Crippen molar-refractivity contribution < 1.29 is 4.79 Å². The maximum atomic E-state index is 10.4. The van der Waals surface area contributed by atoms with Gasteiger partial charge in [0.25, 0.3) is 0 Å². The number of hydrogen-bond acceptors (Lipinski definition) is 4. The Kier molecular flexibility index (Phi) is 4.39. The van der Waals surface area contributed by atoms with Crippen molar-refractivity contribution in [1.82, 2.24) is 10.2 Å². The molecule has 0 spiro atoms. The normalized spacial score (nSPS) is 10.2. The molecule has 0 aliphatic carbocycles. The molecule has 0 atom stereocenters. The van der Waals surface area contributed by atoms with Crippen molar-refractivity contribution in [2.45, 2.75) is 32.1 Å². The maximum absolute atomic E-state index is 10.4. The van der Waals surface area contributed by atoms with E-state index in [4.69, 9.17) is 5.73 Å². The van der Waals surface area contributed by atoms with Crippen LogP contribution in [-0.4, -0.2) is 16.1 Å². The van der Waals surface area contributed by atoms with Gasteiger partial charge in [-0.25, -0.2) is 0 Å². The highest BCUT2D eigenvalue weighted by atomic mass is 32.1. The molecule has 13 heavy (non-hydrogen) atoms. The van der Waals surface area contributed by atoms with Crippen LogP contribution in [0.1, 0.15) is 30.7 Å². The topological polar surface area (TPSA) is 68.9 Å². The maximum Gasteiger partial charge on any atom is 0.217 e. The highest BCUT2D eigenvalue weighted by Gasteiger charge is 1.97. The highest BCUT2D eigenvalue weighted by Crippen LogP contribution is 2.08. The fourth-order valence-electron chi connectivity index (χ4n) is 1.06. The average Bonchev–Trinajstić information content (AvgIpc) is 2.55. The number of amides is 1. The summed E-state index contributed by atoms with van der Waals surface area (Å²) in [6.45, 7) is 0. The number of unbranched alkanes of at least 4 members (excludes halogenated alkanes) is 2. The van der Waals surface area contributed by atoms with E-state index in [9.17, 15) is 4.79 Å². The van der Waals surface area contributed by atoms with Gasteiger partial charge >= 0.3 is 0 Å². The van der Waals surface area contributed by atoms with Gasteiger partial charge in [-0.15, -0.1) is 21.5 Å². The van der Waals surface area contributed by atoms with Crippen molar-refractivity contribution in [2.24, 2.45) is 5.73 Å². The van der Waals surface area contributed by atoms with E-state index >= 15 is 0 Å². The number of primary amides is 1. The van der Waals surface area contributed by atoms with Crippen LogP contribution in [0.4, 0.5) is 0 Å². The van der Waals surface area contributed by atoms with Gasteiger partial charge in [0.2, 0.25) is 5.91 Å². The van der Waals surface area contributed by atoms with Gasteiger partial charge in [0, 0.05) is 12.8 Å². The standard InChI is InChI=1S/C8H13N3OS/c9-7(12)4-2-1-3-5-8-11-10-6-13-8/h6H,1-5H2,(H2,9,12). The van der Waals surface area contributed by atoms with E-state index < -0.39 is 0 Å². The zero-order chi connectivity index (χ0) is 9.52. The van der Waals surface area contributed by atoms with Crippen molar-refractivity contribution in [3.63, 3.8) is 0 Å². The van der Waals surface area contributed by atoms with Crippen LogP contribution in [0.5, 0.6) is 0 Å². The van der Waals surface area contributed by atoms with Gasteiger partial charge in [0.1, 0.15) is 10.5 Å². The molecule has 0 radical (unpaired) electrons. The minimum atomic E-state index is -0.212. The Hall–Kier alpha value is -0.970. The van der Waals surface area contributed by atoms with E-state index in [1.807, 2.05) is 0 Å². The molecule has 1 rings (SSSR count). The summed E-state index contributed by atoms with van der Waals surface area (Å²) in [4.78, 5) is 10.4. The lowest BCUT2D eigenvalue weighted by Crippen LogP contribution is -2.09. The second-order valence-corrected chi connectivity index (χ2v) is 3.78. The molecule has 4 nitrogen and oxygen atoms in total. The minimum absolute atomic E-state index is 0.212. The van der Waals surface area contributed by atoms with E-state index in [2.05, 4.69) is 10.2 Å². The molecule has 0 bridgehead atoms. The number of carbonyl (C=O) groups excluding carboxylic acids is 1. The molecule has 1 aromatic rings. The smallest absolute Gasteiger partial charge is 0.217 e. The van der Waals surface area contributed by atoms with E-state index in [1.165, 1.54) is 0 Å². The number of rotatable bonds is 6. The van der Waals surface area contributed by atoms with Crippen LogP contribution in [-0.2, 0) is 11.2 Å². The third-order valence-electron chi connectivity index (χ3n) is 1.72. The first-order valence-corrected chi connectivity index (χ1v) is 5.20. The second kappa shape index (κ2) is 5.64. The molecule has 1 heterocycles. The van der Waals surface area contributed by atoms with E-state index in [1.54, 1.807) is 16.8 Å². The molecule has 0 aromatic carbocycles. The number of nitrogens with zero attached hydrogens (tertiary/aromatic N) is 2.